The number of hydrogen-bond acceptors (Lipinski definition) is 23. The number of hydrogen-bond donors (Lipinski definition) is 7. The Kier molecular flexibility index (Phi) is 53.9. The zero-order valence-electron chi connectivity index (χ0n) is 82.6. The van der Waals surface area contributed by atoms with Crippen molar-refractivity contribution in [2.75, 3.05) is 45.8 Å². The number of aromatic nitrogens is 1. The Morgan fingerprint density at radius 1 is 0.331 bits per heavy atom. The first kappa shape index (κ1) is 127. The molecule has 0 spiro atoms. The zero-order chi connectivity index (χ0) is 109. The molecule has 0 bridgehead atoms. The molecule has 0 radical (unpaired) electrons. The van der Waals surface area contributed by atoms with Gasteiger partial charge in [0.05, 0.1) is 58.8 Å². The molecule has 0 aliphatic carbocycles. The van der Waals surface area contributed by atoms with E-state index in [1.54, 1.807) is 188 Å². The fourth-order valence-corrected chi connectivity index (χ4v) is 11.2. The smallest absolute Gasteiger partial charge is 0.444 e. The first-order chi connectivity index (χ1) is 65.2. The van der Waals surface area contributed by atoms with Crippen LogP contribution < -0.4 is 42.0 Å². The van der Waals surface area contributed by atoms with Crippen molar-refractivity contribution >= 4 is 132 Å². The van der Waals surface area contributed by atoms with E-state index in [9.17, 15) is 107 Å². The second-order valence-corrected chi connectivity index (χ2v) is 39.7. The number of carbonyl (C=O) groups excluding carboxylic acids is 14. The average molecular weight is 2160 g/mol. The number of nitrogens with zero attached hydrogens (tertiary/aromatic N) is 2. The fourth-order valence-electron chi connectivity index (χ4n) is 10.2. The summed E-state index contributed by atoms with van der Waals surface area (Å²) < 4.78 is 155. The standard InChI is InChI=1S/C15H17ClF3NO4.C15H18N2O3.2C14H18BrNO3.2C14H16F3NO3.C13H18N2O3/c1-14(2,3)24-13(22)20-8-11(21)5-9-4-10(16)7-12(6-9)23-15(17,18)19;1-15(2,3)20-14(19)17-10-13(18)9-11-6-5-7-12(8-11)16-4;1-14(2,3)19-13(18)16-9-12(17)8-10-4-6-11(15)7-5-10;1-14(2,3)19-13(18)16-9-12(17)8-10-5-4-6-11(15)7-10;1-14(2,3)21-13(20)18-7-10(19)5-8-4-9(15)6-11(16)12(8)17;1-14(2,3)21-13(20)18-7-9(19)4-8-5-10(15)12(17)11(16)6-8;1-13(2,3)18-12(17)15-9-11(16)8-10-6-4-5-7-14-10/h4,6-7H,5,8H2,1-3H3,(H,20,22);5-8H,9-10H2,1-3H3,(H,17,19);2*4-7H,8-9H2,1-3H3,(H,16,18);4,6H,5,7H2,1-3H3,(H,18,20);5-6H,4,7H2,1-3H3,(H,18,20);4-7H,8-9H2,1-3H3,(H,15,17). The maximum Gasteiger partial charge on any atom is 0.573 e. The van der Waals surface area contributed by atoms with E-state index in [0.717, 1.165) is 56.0 Å². The van der Waals surface area contributed by atoms with Crippen LogP contribution in [0.15, 0.2) is 149 Å². The Morgan fingerprint density at radius 3 is 0.979 bits per heavy atom. The third kappa shape index (κ3) is 66.6. The highest BCUT2D eigenvalue weighted by molar-refractivity contribution is 9.10. The Balaban J connectivity index is 0.000000830. The maximum absolute atomic E-state index is 13.4. The lowest BCUT2D eigenvalue weighted by atomic mass is 10.1. The molecule has 0 saturated heterocycles. The van der Waals surface area contributed by atoms with Crippen LogP contribution in [0.25, 0.3) is 4.85 Å². The van der Waals surface area contributed by atoms with Crippen LogP contribution in [-0.4, -0.2) is 180 Å². The Hall–Kier alpha value is -13.0. The van der Waals surface area contributed by atoms with Gasteiger partial charge in [0, 0.05) is 76.0 Å². The number of halogens is 12. The van der Waals surface area contributed by atoms with E-state index in [0.29, 0.717) is 23.9 Å². The van der Waals surface area contributed by atoms with Gasteiger partial charge in [0.2, 0.25) is 0 Å². The topological polar surface area (TPSA) is 414 Å². The van der Waals surface area contributed by atoms with Gasteiger partial charge in [-0.15, -0.1) is 13.2 Å². The lowest BCUT2D eigenvalue weighted by Gasteiger charge is -2.19. The first-order valence-electron chi connectivity index (χ1n) is 43.3. The number of benzene rings is 6. The number of carbonyl (C=O) groups is 14. The summed E-state index contributed by atoms with van der Waals surface area (Å²) in [5.41, 5.74) is -0.793. The normalized spacial score (nSPS) is 11.1. The van der Waals surface area contributed by atoms with Crippen LogP contribution in [0.4, 0.5) is 78.8 Å². The number of nitrogens with one attached hydrogen (secondary N) is 7. The minimum Gasteiger partial charge on any atom is -0.444 e. The van der Waals surface area contributed by atoms with Gasteiger partial charge in [-0.3, -0.25) is 38.5 Å². The van der Waals surface area contributed by atoms with Gasteiger partial charge in [0.15, 0.2) is 75.3 Å². The van der Waals surface area contributed by atoms with E-state index < -0.39 is 165 Å². The number of Topliss-reactive ketones (excluding diaryl/α,β-unsaturated/α-hetero) is 7. The summed E-state index contributed by atoms with van der Waals surface area (Å²) in [6.45, 7) is 41.8. The molecule has 43 heteroatoms. The molecule has 0 aliphatic heterocycles. The lowest BCUT2D eigenvalue weighted by Crippen LogP contribution is -2.35. The van der Waals surface area contributed by atoms with Crippen LogP contribution in [0.2, 0.25) is 5.02 Å². The molecule has 142 heavy (non-hydrogen) atoms. The molecule has 7 aromatic rings. The summed E-state index contributed by atoms with van der Waals surface area (Å²) in [6, 6.07) is 33.2. The molecule has 1 heterocycles. The molecule has 31 nitrogen and oxygen atoms in total. The van der Waals surface area contributed by atoms with Gasteiger partial charge < -0.3 is 75.1 Å². The van der Waals surface area contributed by atoms with Gasteiger partial charge in [0.25, 0.3) is 0 Å². The van der Waals surface area contributed by atoms with Crippen molar-refractivity contribution in [1.29, 1.82) is 0 Å². The molecule has 6 aromatic carbocycles. The largest absolute Gasteiger partial charge is 0.573 e. The molecule has 0 saturated carbocycles. The minimum atomic E-state index is -4.86. The van der Waals surface area contributed by atoms with Gasteiger partial charge in [0.1, 0.15) is 50.8 Å². The predicted molar refractivity (Wildman–Crippen MR) is 517 cm³/mol. The SMILES string of the molecule is CC(C)(C)OC(=O)NCC(=O)Cc1cc(Cl)cc(OC(F)(F)F)c1.CC(C)(C)OC(=O)NCC(=O)Cc1cc(F)c(F)c(F)c1.CC(C)(C)OC(=O)NCC(=O)Cc1cc(F)cc(F)c1F.CC(C)(C)OC(=O)NCC(=O)Cc1ccc(Br)cc1.CC(C)(C)OC(=O)NCC(=O)Cc1cccc(Br)c1.CC(C)(C)OC(=O)NCC(=O)Cc1ccccn1.[C-]#[N+]c1cccc(CC(=O)CNC(=O)OC(C)(C)C)c1. The van der Waals surface area contributed by atoms with E-state index >= 15 is 0 Å². The highest BCUT2D eigenvalue weighted by Gasteiger charge is 2.32. The van der Waals surface area contributed by atoms with Crippen molar-refractivity contribution in [2.24, 2.45) is 0 Å². The summed E-state index contributed by atoms with van der Waals surface area (Å²) in [4.78, 5) is 169. The van der Waals surface area contributed by atoms with Gasteiger partial charge in [-0.05, 0) is 240 Å². The lowest BCUT2D eigenvalue weighted by molar-refractivity contribution is -0.274. The van der Waals surface area contributed by atoms with Crippen molar-refractivity contribution in [3.63, 3.8) is 0 Å². The van der Waals surface area contributed by atoms with Crippen LogP contribution in [0, 0.1) is 41.5 Å². The molecule has 0 atom stereocenters. The molecule has 1 aromatic heterocycles. The average Bonchev–Trinajstić information content (AvgIpc) is 0.851. The summed E-state index contributed by atoms with van der Waals surface area (Å²) in [5, 5.41) is 16.4. The maximum atomic E-state index is 13.4. The number of alkyl halides is 3. The number of rotatable bonds is 29. The Labute approximate surface area is 840 Å². The summed E-state index contributed by atoms with van der Waals surface area (Å²) in [5.74, 6) is -10.4. The molecule has 778 valence electrons. The number of ether oxygens (including phenoxy) is 8. The van der Waals surface area contributed by atoms with Crippen molar-refractivity contribution < 1.29 is 145 Å². The highest BCUT2D eigenvalue weighted by Crippen LogP contribution is 2.28. The number of pyridine rings is 1. The molecular weight excluding hydrogens is 2030 g/mol. The second-order valence-electron chi connectivity index (χ2n) is 37.4. The predicted octanol–water partition coefficient (Wildman–Crippen LogP) is 20.1. The van der Waals surface area contributed by atoms with E-state index in [-0.39, 0.29) is 111 Å². The summed E-state index contributed by atoms with van der Waals surface area (Å²) in [6.07, 6.45) is -8.02. The first-order valence-corrected chi connectivity index (χ1v) is 45.2. The van der Waals surface area contributed by atoms with Crippen molar-refractivity contribution in [3.05, 3.63) is 239 Å². The number of amides is 7. The van der Waals surface area contributed by atoms with E-state index in [1.165, 1.54) is 6.07 Å². The number of alkyl carbamates (subject to hydrolysis) is 7. The van der Waals surface area contributed by atoms with Crippen LogP contribution in [0.5, 0.6) is 5.75 Å². The third-order valence-corrected chi connectivity index (χ3v) is 16.7. The van der Waals surface area contributed by atoms with Gasteiger partial charge in [-0.2, -0.15) is 0 Å². The van der Waals surface area contributed by atoms with E-state index in [1.807, 2.05) is 54.6 Å². The van der Waals surface area contributed by atoms with Gasteiger partial charge in [-0.25, -0.2) is 64.7 Å². The van der Waals surface area contributed by atoms with Crippen LogP contribution >= 0.6 is 43.5 Å². The molecule has 0 unspecified atom stereocenters. The second kappa shape index (κ2) is 60.3. The molecule has 0 aliphatic rings. The summed E-state index contributed by atoms with van der Waals surface area (Å²) in [7, 11) is 0. The highest BCUT2D eigenvalue weighted by atomic mass is 79.9. The fraction of sp³-hybridized carbons (Fsp3) is 0.434. The Bertz CT molecular complexity index is 5430. The molecule has 7 rings (SSSR count). The Morgan fingerprint density at radius 2 is 0.648 bits per heavy atom. The van der Waals surface area contributed by atoms with Crippen LogP contribution in [-0.2, 0) is 112 Å². The van der Waals surface area contributed by atoms with E-state index in [4.69, 9.17) is 51.3 Å². The van der Waals surface area contributed by atoms with Gasteiger partial charge in [-0.1, -0.05) is 104 Å². The van der Waals surface area contributed by atoms with Crippen molar-refractivity contribution in [2.45, 2.75) is 236 Å². The van der Waals surface area contributed by atoms with Crippen LogP contribution in [0.1, 0.15) is 184 Å². The molecule has 7 amide bonds. The monoisotopic (exact) mass is 2150 g/mol. The van der Waals surface area contributed by atoms with Crippen LogP contribution in [0.3, 0.4) is 0 Å². The zero-order valence-corrected chi connectivity index (χ0v) is 86.5. The quantitative estimate of drug-likeness (QED) is 0.00752. The molecule has 0 fully saturated rings. The third-order valence-electron chi connectivity index (χ3n) is 15.4. The number of ketones is 7. The minimum absolute atomic E-state index is 0.000323. The molecular formula is C99H121Br2ClF9N9O22. The summed E-state index contributed by atoms with van der Waals surface area (Å²) >= 11 is 12.4. The molecule has 7 N–H and O–H groups in total. The van der Waals surface area contributed by atoms with Crippen molar-refractivity contribution in [3.8, 4) is 5.75 Å². The van der Waals surface area contributed by atoms with Gasteiger partial charge >= 0.3 is 49.0 Å². The van der Waals surface area contributed by atoms with E-state index in [2.05, 4.69) is 83.6 Å². The van der Waals surface area contributed by atoms with Crippen molar-refractivity contribution in [1.82, 2.24) is 42.2 Å².